The van der Waals surface area contributed by atoms with Gasteiger partial charge in [-0.25, -0.2) is 0 Å². The van der Waals surface area contributed by atoms with Gasteiger partial charge in [-0.1, -0.05) is 36.6 Å². The number of H-pyrrole nitrogens is 1. The molecule has 1 aromatic heterocycles. The summed E-state index contributed by atoms with van der Waals surface area (Å²) < 4.78 is 41.4. The molecule has 0 bridgehead atoms. The third-order valence-corrected chi connectivity index (χ3v) is 5.88. The van der Waals surface area contributed by atoms with Crippen molar-refractivity contribution in [2.45, 2.75) is 45.2 Å². The Morgan fingerprint density at radius 1 is 1.23 bits per heavy atom. The number of hydrogen-bond acceptors (Lipinski definition) is 3. The molecule has 1 aliphatic rings. The summed E-state index contributed by atoms with van der Waals surface area (Å²) in [5, 5.41) is 4.44. The second-order valence-corrected chi connectivity index (χ2v) is 8.06. The van der Waals surface area contributed by atoms with Crippen LogP contribution in [0.25, 0.3) is 10.9 Å². The second kappa shape index (κ2) is 9.29. The van der Waals surface area contributed by atoms with Crippen molar-refractivity contribution in [2.24, 2.45) is 11.8 Å². The largest absolute Gasteiger partial charge is 0.456 e. The van der Waals surface area contributed by atoms with Gasteiger partial charge in [0.1, 0.15) is 0 Å². The third kappa shape index (κ3) is 5.28. The number of esters is 1. The number of para-hydroxylation sites is 1. The van der Waals surface area contributed by atoms with E-state index in [0.717, 1.165) is 28.6 Å². The Morgan fingerprint density at radius 3 is 2.63 bits per heavy atom. The molecule has 2 atom stereocenters. The van der Waals surface area contributed by atoms with E-state index in [4.69, 9.17) is 11.6 Å². The Balaban J connectivity index is 1.60. The molecule has 1 aliphatic carbocycles. The van der Waals surface area contributed by atoms with E-state index in [9.17, 15) is 22.8 Å². The van der Waals surface area contributed by atoms with Crippen LogP contribution >= 0.6 is 11.6 Å². The topological polar surface area (TPSA) is 71.2 Å². The molecular formula is C21H24ClF3N2O3. The Bertz CT molecular complexity index is 926. The van der Waals surface area contributed by atoms with Crippen molar-refractivity contribution in [1.82, 2.24) is 10.3 Å². The van der Waals surface area contributed by atoms with Crippen LogP contribution < -0.4 is 5.32 Å². The number of rotatable bonds is 6. The summed E-state index contributed by atoms with van der Waals surface area (Å²) in [6.45, 7) is 0.653. The van der Waals surface area contributed by atoms with Crippen molar-refractivity contribution in [3.05, 3.63) is 34.5 Å². The molecule has 0 spiro atoms. The number of aromatic amines is 1. The fraction of sp³-hybridized carbons (Fsp3) is 0.524. The summed E-state index contributed by atoms with van der Waals surface area (Å²) in [5.74, 6) is -2.78. The molecule has 2 N–H and O–H groups in total. The minimum absolute atomic E-state index is 0.320. The Morgan fingerprint density at radius 2 is 1.93 bits per heavy atom. The van der Waals surface area contributed by atoms with E-state index in [2.05, 4.69) is 15.0 Å². The number of halogens is 4. The first-order valence-electron chi connectivity index (χ1n) is 9.94. The number of carbonyl (C=O) groups excluding carboxylic acids is 2. The van der Waals surface area contributed by atoms with E-state index in [1.807, 2.05) is 19.1 Å². The minimum Gasteiger partial charge on any atom is -0.456 e. The lowest BCUT2D eigenvalue weighted by Gasteiger charge is -2.29. The summed E-state index contributed by atoms with van der Waals surface area (Å²) in [4.78, 5) is 28.0. The molecule has 1 fully saturated rings. The number of aryl methyl sites for hydroxylation is 1. The summed E-state index contributed by atoms with van der Waals surface area (Å²) in [5.41, 5.74) is 2.84. The van der Waals surface area contributed by atoms with Crippen molar-refractivity contribution < 1.29 is 27.5 Å². The standard InChI is InChI=1S/C21H24ClF3N2O3/c1-12-13(14-7-4-8-17(22)18(14)27-12)9-10-26-19(28)15-5-2-3-6-16(15)20(29)30-11-21(23,24)25/h4,7-8,15-16,27H,2-3,5-6,9-11H2,1H3,(H,26,28)/t15-,16+/m0/s1. The molecule has 5 nitrogen and oxygen atoms in total. The molecule has 0 saturated heterocycles. The fourth-order valence-corrected chi connectivity index (χ4v) is 4.34. The van der Waals surface area contributed by atoms with Crippen molar-refractivity contribution >= 4 is 34.4 Å². The zero-order chi connectivity index (χ0) is 21.9. The Kier molecular flexibility index (Phi) is 6.95. The third-order valence-electron chi connectivity index (χ3n) is 5.56. The van der Waals surface area contributed by atoms with Gasteiger partial charge in [-0.15, -0.1) is 0 Å². The minimum atomic E-state index is -4.58. The van der Waals surface area contributed by atoms with Gasteiger partial charge >= 0.3 is 12.1 Å². The van der Waals surface area contributed by atoms with Crippen LogP contribution in [0.5, 0.6) is 0 Å². The van der Waals surface area contributed by atoms with Crippen LogP contribution in [0.2, 0.25) is 5.02 Å². The number of nitrogens with one attached hydrogen (secondary N) is 2. The average Bonchev–Trinajstić information content (AvgIpc) is 3.02. The lowest BCUT2D eigenvalue weighted by molar-refractivity contribution is -0.191. The van der Waals surface area contributed by atoms with Crippen LogP contribution in [0.15, 0.2) is 18.2 Å². The molecule has 0 unspecified atom stereocenters. The number of amides is 1. The number of hydrogen-bond donors (Lipinski definition) is 2. The lowest BCUT2D eigenvalue weighted by Crippen LogP contribution is -2.41. The molecule has 1 aromatic carbocycles. The number of benzene rings is 1. The van der Waals surface area contributed by atoms with E-state index in [0.29, 0.717) is 37.3 Å². The van der Waals surface area contributed by atoms with E-state index in [1.54, 1.807) is 6.07 Å². The quantitative estimate of drug-likeness (QED) is 0.634. The molecule has 1 saturated carbocycles. The maximum absolute atomic E-state index is 12.7. The van der Waals surface area contributed by atoms with Crippen LogP contribution in [0.1, 0.15) is 36.9 Å². The van der Waals surface area contributed by atoms with Crippen molar-refractivity contribution in [2.75, 3.05) is 13.2 Å². The first kappa shape index (κ1) is 22.5. The van der Waals surface area contributed by atoms with Crippen LogP contribution in [0.3, 0.4) is 0 Å². The number of aromatic nitrogens is 1. The van der Waals surface area contributed by atoms with Crippen molar-refractivity contribution in [1.29, 1.82) is 0 Å². The Labute approximate surface area is 177 Å². The second-order valence-electron chi connectivity index (χ2n) is 7.65. The molecule has 1 heterocycles. The van der Waals surface area contributed by atoms with Gasteiger partial charge in [-0.2, -0.15) is 13.2 Å². The summed E-state index contributed by atoms with van der Waals surface area (Å²) in [6.07, 6.45) is -1.77. The van der Waals surface area contributed by atoms with Gasteiger partial charge in [-0.3, -0.25) is 9.59 Å². The fourth-order valence-electron chi connectivity index (χ4n) is 4.12. The first-order chi connectivity index (χ1) is 14.2. The molecule has 9 heteroatoms. The molecule has 0 aliphatic heterocycles. The van der Waals surface area contributed by atoms with Gasteiger partial charge in [0.05, 0.1) is 22.4 Å². The average molecular weight is 445 g/mol. The van der Waals surface area contributed by atoms with Crippen molar-refractivity contribution in [3.8, 4) is 0 Å². The highest BCUT2D eigenvalue weighted by atomic mass is 35.5. The van der Waals surface area contributed by atoms with Gasteiger partial charge in [0.2, 0.25) is 5.91 Å². The highest BCUT2D eigenvalue weighted by Crippen LogP contribution is 2.32. The van der Waals surface area contributed by atoms with Gasteiger partial charge in [0.15, 0.2) is 6.61 Å². The predicted octanol–water partition coefficient (Wildman–Crippen LogP) is 4.70. The molecule has 30 heavy (non-hydrogen) atoms. The van der Waals surface area contributed by atoms with Crippen LogP contribution in [0, 0.1) is 18.8 Å². The Hall–Kier alpha value is -2.22. The highest BCUT2D eigenvalue weighted by molar-refractivity contribution is 6.35. The van der Waals surface area contributed by atoms with Gasteiger partial charge in [0.25, 0.3) is 0 Å². The van der Waals surface area contributed by atoms with E-state index < -0.39 is 30.6 Å². The summed E-state index contributed by atoms with van der Waals surface area (Å²) >= 11 is 6.21. The van der Waals surface area contributed by atoms with Crippen molar-refractivity contribution in [3.63, 3.8) is 0 Å². The monoisotopic (exact) mass is 444 g/mol. The number of fused-ring (bicyclic) bond motifs is 1. The molecule has 0 radical (unpaired) electrons. The van der Waals surface area contributed by atoms with E-state index in [1.165, 1.54) is 0 Å². The van der Waals surface area contributed by atoms with Gasteiger partial charge < -0.3 is 15.0 Å². The molecule has 1 amide bonds. The summed E-state index contributed by atoms with van der Waals surface area (Å²) in [7, 11) is 0. The molecule has 2 aromatic rings. The lowest BCUT2D eigenvalue weighted by atomic mass is 9.78. The van der Waals surface area contributed by atoms with Crippen LogP contribution in [-0.4, -0.2) is 36.2 Å². The zero-order valence-electron chi connectivity index (χ0n) is 16.6. The smallest absolute Gasteiger partial charge is 0.422 e. The maximum Gasteiger partial charge on any atom is 0.422 e. The van der Waals surface area contributed by atoms with Gasteiger partial charge in [0, 0.05) is 17.6 Å². The number of ether oxygens (including phenoxy) is 1. The SMILES string of the molecule is Cc1[nH]c2c(Cl)cccc2c1CCNC(=O)[C@H]1CCCC[C@H]1C(=O)OCC(F)(F)F. The van der Waals surface area contributed by atoms with Crippen LogP contribution in [0.4, 0.5) is 13.2 Å². The maximum atomic E-state index is 12.7. The summed E-state index contributed by atoms with van der Waals surface area (Å²) in [6, 6.07) is 5.61. The first-order valence-corrected chi connectivity index (χ1v) is 10.3. The van der Waals surface area contributed by atoms with E-state index >= 15 is 0 Å². The van der Waals surface area contributed by atoms with Crippen LogP contribution in [-0.2, 0) is 20.7 Å². The highest BCUT2D eigenvalue weighted by Gasteiger charge is 2.38. The molecule has 164 valence electrons. The predicted molar refractivity (Wildman–Crippen MR) is 107 cm³/mol. The normalized spacial score (nSPS) is 19.6. The molecule has 3 rings (SSSR count). The zero-order valence-corrected chi connectivity index (χ0v) is 17.3. The molecular weight excluding hydrogens is 421 g/mol. The number of alkyl halides is 3. The van der Waals surface area contributed by atoms with E-state index in [-0.39, 0.29) is 5.91 Å². The van der Waals surface area contributed by atoms with Gasteiger partial charge in [-0.05, 0) is 37.8 Å². The number of carbonyl (C=O) groups is 2.